The number of rotatable bonds is 5. The van der Waals surface area contributed by atoms with Gasteiger partial charge in [0.2, 0.25) is 0 Å². The number of hydrogen-bond donors (Lipinski definition) is 1. The summed E-state index contributed by atoms with van der Waals surface area (Å²) >= 11 is 5.92. The summed E-state index contributed by atoms with van der Waals surface area (Å²) in [6.45, 7) is 1.86. The Morgan fingerprint density at radius 2 is 2.04 bits per heavy atom. The second-order valence-electron chi connectivity index (χ2n) is 5.64. The van der Waals surface area contributed by atoms with Crippen molar-refractivity contribution in [3.05, 3.63) is 87.7 Å². The van der Waals surface area contributed by atoms with E-state index in [0.717, 1.165) is 11.3 Å². The van der Waals surface area contributed by atoms with Gasteiger partial charge in [0.15, 0.2) is 11.6 Å². The zero-order valence-electron chi connectivity index (χ0n) is 13.3. The summed E-state index contributed by atoms with van der Waals surface area (Å²) < 4.78 is 13.9. The number of H-pyrrole nitrogens is 1. The number of carbonyl (C=O) groups is 2. The van der Waals surface area contributed by atoms with Crippen LogP contribution in [0.3, 0.4) is 0 Å². The van der Waals surface area contributed by atoms with E-state index >= 15 is 0 Å². The summed E-state index contributed by atoms with van der Waals surface area (Å²) in [6.07, 6.45) is 3.18. The number of nitrogens with zero attached hydrogens (tertiary/aromatic N) is 1. The number of hydrogen-bond acceptors (Lipinski definition) is 3. The Labute approximate surface area is 148 Å². The molecule has 0 bridgehead atoms. The predicted molar refractivity (Wildman–Crippen MR) is 92.6 cm³/mol. The van der Waals surface area contributed by atoms with Crippen LogP contribution in [0.25, 0.3) is 0 Å². The summed E-state index contributed by atoms with van der Waals surface area (Å²) in [6, 6.07) is 9.11. The van der Waals surface area contributed by atoms with Crippen LogP contribution in [0.4, 0.5) is 4.39 Å². The number of pyridine rings is 1. The maximum absolute atomic E-state index is 13.9. The molecule has 0 atom stereocenters. The van der Waals surface area contributed by atoms with E-state index in [1.807, 2.05) is 19.1 Å². The second kappa shape index (κ2) is 6.99. The number of nitrogens with one attached hydrogen (secondary N) is 1. The molecule has 2 aromatic heterocycles. The minimum absolute atomic E-state index is 0.0322. The topological polar surface area (TPSA) is 62.8 Å². The molecule has 0 fully saturated rings. The molecule has 0 radical (unpaired) electrons. The number of carbonyl (C=O) groups excluding carboxylic acids is 2. The molecule has 1 aromatic carbocycles. The van der Waals surface area contributed by atoms with Crippen LogP contribution in [0, 0.1) is 12.7 Å². The van der Waals surface area contributed by atoms with Crippen LogP contribution in [0.15, 0.2) is 48.8 Å². The lowest BCUT2D eigenvalue weighted by Gasteiger charge is -2.03. The van der Waals surface area contributed by atoms with Gasteiger partial charge in [-0.25, -0.2) is 4.39 Å². The van der Waals surface area contributed by atoms with Crippen LogP contribution < -0.4 is 0 Å². The van der Waals surface area contributed by atoms with Crippen molar-refractivity contribution < 1.29 is 14.0 Å². The van der Waals surface area contributed by atoms with Gasteiger partial charge in [-0.1, -0.05) is 23.7 Å². The molecule has 1 N–H and O–H groups in total. The average molecular weight is 357 g/mol. The van der Waals surface area contributed by atoms with Gasteiger partial charge in [0.05, 0.1) is 16.3 Å². The molecule has 126 valence electrons. The first-order valence-corrected chi connectivity index (χ1v) is 7.95. The predicted octanol–water partition coefficient (Wildman–Crippen LogP) is 4.17. The van der Waals surface area contributed by atoms with Gasteiger partial charge < -0.3 is 4.98 Å². The highest BCUT2D eigenvalue weighted by Crippen LogP contribution is 2.23. The van der Waals surface area contributed by atoms with E-state index in [1.165, 1.54) is 30.5 Å². The van der Waals surface area contributed by atoms with Crippen LogP contribution >= 0.6 is 11.6 Å². The molecule has 3 aromatic rings. The zero-order valence-corrected chi connectivity index (χ0v) is 14.1. The van der Waals surface area contributed by atoms with E-state index in [9.17, 15) is 14.0 Å². The summed E-state index contributed by atoms with van der Waals surface area (Å²) in [4.78, 5) is 31.7. The first-order chi connectivity index (χ1) is 12.0. The van der Waals surface area contributed by atoms with Gasteiger partial charge in [0.1, 0.15) is 5.82 Å². The monoisotopic (exact) mass is 356 g/mol. The fourth-order valence-corrected chi connectivity index (χ4v) is 2.68. The molecule has 0 unspecified atom stereocenters. The quantitative estimate of drug-likeness (QED) is 0.698. The molecule has 2 heterocycles. The van der Waals surface area contributed by atoms with Crippen molar-refractivity contribution in [3.8, 4) is 0 Å². The third-order valence-corrected chi connectivity index (χ3v) is 4.09. The van der Waals surface area contributed by atoms with Crippen molar-refractivity contribution in [2.75, 3.05) is 0 Å². The Bertz CT molecular complexity index is 928. The molecule has 0 saturated heterocycles. The van der Waals surface area contributed by atoms with Crippen molar-refractivity contribution in [2.45, 2.75) is 13.3 Å². The molecule has 3 rings (SSSR count). The maximum atomic E-state index is 13.9. The van der Waals surface area contributed by atoms with Gasteiger partial charge in [-0.2, -0.15) is 0 Å². The van der Waals surface area contributed by atoms with Gasteiger partial charge >= 0.3 is 0 Å². The standard InChI is InChI=1S/C19H14ClFN2O2/c1-11-5-6-12(9-22-11)7-17(24)16-8-13(10-23-16)19(25)18-14(20)3-2-4-15(18)21/h2-6,8-10,23H,7H2,1H3. The first kappa shape index (κ1) is 17.0. The molecule has 0 spiro atoms. The SMILES string of the molecule is Cc1ccc(CC(=O)c2cc(C(=O)c3c(F)cccc3Cl)c[nH]2)cn1. The van der Waals surface area contributed by atoms with Crippen molar-refractivity contribution in [1.29, 1.82) is 0 Å². The number of Topliss-reactive ketones (excluding diaryl/α,β-unsaturated/α-hetero) is 1. The molecular weight excluding hydrogens is 343 g/mol. The van der Waals surface area contributed by atoms with Crippen LogP contribution in [0.1, 0.15) is 37.7 Å². The molecule has 0 saturated carbocycles. The molecule has 4 nitrogen and oxygen atoms in total. The van der Waals surface area contributed by atoms with Gasteiger partial charge in [-0.15, -0.1) is 0 Å². The summed E-state index contributed by atoms with van der Waals surface area (Å²) in [5, 5.41) is 0.0322. The summed E-state index contributed by atoms with van der Waals surface area (Å²) in [5.41, 5.74) is 1.89. The lowest BCUT2D eigenvalue weighted by Crippen LogP contribution is -2.05. The second-order valence-corrected chi connectivity index (χ2v) is 6.04. The highest BCUT2D eigenvalue weighted by molar-refractivity contribution is 6.35. The third kappa shape index (κ3) is 3.67. The van der Waals surface area contributed by atoms with Crippen LogP contribution in [0.2, 0.25) is 5.02 Å². The van der Waals surface area contributed by atoms with E-state index in [2.05, 4.69) is 9.97 Å². The molecular formula is C19H14ClFN2O2. The summed E-state index contributed by atoms with van der Waals surface area (Å²) in [5.74, 6) is -1.46. The number of halogens is 2. The molecule has 6 heteroatoms. The largest absolute Gasteiger partial charge is 0.358 e. The average Bonchev–Trinajstić information content (AvgIpc) is 3.07. The van der Waals surface area contributed by atoms with Crippen LogP contribution in [-0.2, 0) is 6.42 Å². The summed E-state index contributed by atoms with van der Waals surface area (Å²) in [7, 11) is 0. The normalized spacial score (nSPS) is 10.7. The van der Waals surface area contributed by atoms with E-state index in [4.69, 9.17) is 11.6 Å². The van der Waals surface area contributed by atoms with Gasteiger partial charge in [-0.05, 0) is 36.8 Å². The van der Waals surface area contributed by atoms with E-state index < -0.39 is 11.6 Å². The lowest BCUT2D eigenvalue weighted by molar-refractivity contribution is 0.0988. The highest BCUT2D eigenvalue weighted by Gasteiger charge is 2.20. The first-order valence-electron chi connectivity index (χ1n) is 7.57. The fourth-order valence-electron chi connectivity index (χ4n) is 2.43. The number of benzene rings is 1. The molecule has 25 heavy (non-hydrogen) atoms. The molecule has 0 aliphatic heterocycles. The van der Waals surface area contributed by atoms with Gasteiger partial charge in [-0.3, -0.25) is 14.6 Å². The van der Waals surface area contributed by atoms with Crippen LogP contribution in [-0.4, -0.2) is 21.5 Å². The fraction of sp³-hybridized carbons (Fsp3) is 0.105. The van der Waals surface area contributed by atoms with Crippen molar-refractivity contribution in [1.82, 2.24) is 9.97 Å². The van der Waals surface area contributed by atoms with Crippen LogP contribution in [0.5, 0.6) is 0 Å². The smallest absolute Gasteiger partial charge is 0.199 e. The Balaban J connectivity index is 1.81. The number of aryl methyl sites for hydroxylation is 1. The third-order valence-electron chi connectivity index (χ3n) is 3.77. The maximum Gasteiger partial charge on any atom is 0.199 e. The van der Waals surface area contributed by atoms with E-state index in [0.29, 0.717) is 0 Å². The number of ketones is 2. The van der Waals surface area contributed by atoms with Crippen molar-refractivity contribution in [2.24, 2.45) is 0 Å². The zero-order chi connectivity index (χ0) is 18.0. The Kier molecular flexibility index (Phi) is 4.76. The van der Waals surface area contributed by atoms with Gasteiger partial charge in [0.25, 0.3) is 0 Å². The lowest BCUT2D eigenvalue weighted by atomic mass is 10.0. The highest BCUT2D eigenvalue weighted by atomic mass is 35.5. The van der Waals surface area contributed by atoms with Crippen molar-refractivity contribution >= 4 is 23.2 Å². The van der Waals surface area contributed by atoms with Gasteiger partial charge in [0, 0.05) is 30.1 Å². The number of aromatic amines is 1. The number of aromatic nitrogens is 2. The van der Waals surface area contributed by atoms with E-state index in [1.54, 1.807) is 6.20 Å². The molecule has 0 aliphatic carbocycles. The molecule has 0 amide bonds. The Hall–Kier alpha value is -2.79. The minimum Gasteiger partial charge on any atom is -0.358 e. The van der Waals surface area contributed by atoms with E-state index in [-0.39, 0.29) is 34.0 Å². The molecule has 0 aliphatic rings. The van der Waals surface area contributed by atoms with Crippen molar-refractivity contribution in [3.63, 3.8) is 0 Å². The Morgan fingerprint density at radius 3 is 2.72 bits per heavy atom. The Morgan fingerprint density at radius 1 is 1.24 bits per heavy atom. The minimum atomic E-state index is -0.697.